The van der Waals surface area contributed by atoms with Gasteiger partial charge in [0.2, 0.25) is 0 Å². The van der Waals surface area contributed by atoms with Crippen LogP contribution in [0, 0.1) is 0 Å². The summed E-state index contributed by atoms with van der Waals surface area (Å²) in [5, 5.41) is 4.96. The summed E-state index contributed by atoms with van der Waals surface area (Å²) in [6, 6.07) is 83.8. The monoisotopic (exact) mass is 790 g/mol. The van der Waals surface area contributed by atoms with Gasteiger partial charge in [0, 0.05) is 50.6 Å². The quantitative estimate of drug-likeness (QED) is 0.173. The Morgan fingerprint density at radius 1 is 0.371 bits per heavy atom. The lowest BCUT2D eigenvalue weighted by molar-refractivity contribution is 0.435. The van der Waals surface area contributed by atoms with Crippen LogP contribution in [0.5, 0.6) is 11.5 Å². The molecular formula is C59H38N2O. The number of benzene rings is 10. The summed E-state index contributed by atoms with van der Waals surface area (Å²) < 4.78 is 9.52. The summed E-state index contributed by atoms with van der Waals surface area (Å²) >= 11 is 0. The molecule has 0 bridgehead atoms. The number of fused-ring (bicyclic) bond motifs is 11. The van der Waals surface area contributed by atoms with Crippen molar-refractivity contribution in [3.8, 4) is 39.4 Å². The van der Waals surface area contributed by atoms with Crippen LogP contribution in [0.4, 0.5) is 17.1 Å². The van der Waals surface area contributed by atoms with Crippen LogP contribution in [0.2, 0.25) is 0 Å². The summed E-state index contributed by atoms with van der Waals surface area (Å²) in [5.41, 5.74) is 15.7. The van der Waals surface area contributed by atoms with Crippen molar-refractivity contribution in [3.63, 3.8) is 0 Å². The molecule has 10 aromatic carbocycles. The number of nitrogens with zero attached hydrogens (tertiary/aromatic N) is 2. The third kappa shape index (κ3) is 4.88. The van der Waals surface area contributed by atoms with Crippen LogP contribution in [0.15, 0.2) is 231 Å². The molecule has 13 rings (SSSR count). The predicted octanol–water partition coefficient (Wildman–Crippen LogP) is 15.5. The van der Waals surface area contributed by atoms with Crippen molar-refractivity contribution in [1.82, 2.24) is 4.57 Å². The van der Waals surface area contributed by atoms with Crippen LogP contribution in [0.3, 0.4) is 0 Å². The maximum Gasteiger partial charge on any atom is 0.134 e. The molecule has 0 amide bonds. The summed E-state index contributed by atoms with van der Waals surface area (Å²) in [4.78, 5) is 2.37. The molecule has 0 radical (unpaired) electrons. The highest BCUT2D eigenvalue weighted by Crippen LogP contribution is 2.61. The van der Waals surface area contributed by atoms with Crippen molar-refractivity contribution in [2.75, 3.05) is 4.90 Å². The second-order valence-electron chi connectivity index (χ2n) is 16.4. The third-order valence-electron chi connectivity index (χ3n) is 13.2. The molecule has 1 aliphatic heterocycles. The largest absolute Gasteiger partial charge is 0.457 e. The average Bonchev–Trinajstić information content (AvgIpc) is 3.67. The lowest BCUT2D eigenvalue weighted by Crippen LogP contribution is -2.36. The van der Waals surface area contributed by atoms with E-state index >= 15 is 0 Å². The van der Waals surface area contributed by atoms with Crippen molar-refractivity contribution in [3.05, 3.63) is 253 Å². The van der Waals surface area contributed by atoms with Gasteiger partial charge in [-0.25, -0.2) is 0 Å². The van der Waals surface area contributed by atoms with Crippen LogP contribution in [-0.4, -0.2) is 4.57 Å². The van der Waals surface area contributed by atoms with Crippen LogP contribution in [-0.2, 0) is 5.41 Å². The van der Waals surface area contributed by atoms with Gasteiger partial charge in [-0.05, 0) is 87.1 Å². The lowest BCUT2D eigenvalue weighted by atomic mass is 9.58. The molecule has 1 aromatic heterocycles. The second kappa shape index (κ2) is 13.4. The normalized spacial score (nSPS) is 14.6. The summed E-state index contributed by atoms with van der Waals surface area (Å²) in [6.45, 7) is 0. The van der Waals surface area contributed by atoms with Gasteiger partial charge in [-0.2, -0.15) is 0 Å². The number of aromatic nitrogens is 1. The topological polar surface area (TPSA) is 17.4 Å². The molecule has 0 fully saturated rings. The van der Waals surface area contributed by atoms with Crippen molar-refractivity contribution in [2.24, 2.45) is 0 Å². The summed E-state index contributed by atoms with van der Waals surface area (Å²) in [5.74, 6) is 1.72. The average molecular weight is 791 g/mol. The van der Waals surface area contributed by atoms with Gasteiger partial charge in [-0.1, -0.05) is 176 Å². The maximum absolute atomic E-state index is 7.08. The van der Waals surface area contributed by atoms with Crippen molar-refractivity contribution < 1.29 is 4.74 Å². The number of rotatable bonds is 5. The molecule has 1 aliphatic carbocycles. The fourth-order valence-corrected chi connectivity index (χ4v) is 10.7. The van der Waals surface area contributed by atoms with E-state index in [4.69, 9.17) is 4.74 Å². The Balaban J connectivity index is 1.05. The number of para-hydroxylation sites is 4. The standard InChI is InChI=1S/C59H38N2O/c1-3-17-39(18-4-1)44-23-8-12-30-53(44)61-54-31-13-9-25-46(54)47-35-33-42(37-55(47)61)60(41-21-5-2-6-22-41)43-34-36-51-57(38-43)62-56-32-14-11-28-50(56)59(51)49-27-10-7-24-45(49)48-26-15-19-40-20-16-29-52(59)58(40)48/h1-38H. The fraction of sp³-hybridized carbons (Fsp3) is 0.0169. The van der Waals surface area contributed by atoms with Gasteiger partial charge in [-0.15, -0.1) is 0 Å². The minimum atomic E-state index is -0.600. The van der Waals surface area contributed by atoms with Crippen molar-refractivity contribution >= 4 is 49.6 Å². The van der Waals surface area contributed by atoms with Gasteiger partial charge in [0.1, 0.15) is 11.5 Å². The van der Waals surface area contributed by atoms with E-state index in [2.05, 4.69) is 240 Å². The Morgan fingerprint density at radius 2 is 0.984 bits per heavy atom. The molecule has 2 heterocycles. The highest BCUT2D eigenvalue weighted by Gasteiger charge is 2.49. The van der Waals surface area contributed by atoms with E-state index in [1.54, 1.807) is 0 Å². The molecule has 0 N–H and O–H groups in total. The maximum atomic E-state index is 7.08. The fourth-order valence-electron chi connectivity index (χ4n) is 10.7. The van der Waals surface area contributed by atoms with E-state index in [0.29, 0.717) is 0 Å². The zero-order chi connectivity index (χ0) is 40.8. The number of ether oxygens (including phenoxy) is 1. The molecule has 3 nitrogen and oxygen atoms in total. The van der Waals surface area contributed by atoms with Crippen LogP contribution < -0.4 is 9.64 Å². The summed E-state index contributed by atoms with van der Waals surface area (Å²) in [6.07, 6.45) is 0. The number of anilines is 3. The molecule has 0 saturated heterocycles. The van der Waals surface area contributed by atoms with Crippen molar-refractivity contribution in [1.29, 1.82) is 0 Å². The Kier molecular flexibility index (Phi) is 7.52. The number of hydrogen-bond acceptors (Lipinski definition) is 2. The van der Waals surface area contributed by atoms with Crippen LogP contribution in [0.1, 0.15) is 22.3 Å². The Labute approximate surface area is 360 Å². The molecule has 62 heavy (non-hydrogen) atoms. The van der Waals surface area contributed by atoms with Crippen LogP contribution >= 0.6 is 0 Å². The van der Waals surface area contributed by atoms with E-state index in [0.717, 1.165) is 50.9 Å². The van der Waals surface area contributed by atoms with Gasteiger partial charge in [0.15, 0.2) is 0 Å². The molecule has 3 heteroatoms. The zero-order valence-corrected chi connectivity index (χ0v) is 33.7. The highest BCUT2D eigenvalue weighted by atomic mass is 16.5. The molecule has 2 aliphatic rings. The molecule has 290 valence electrons. The van der Waals surface area contributed by atoms with E-state index in [1.165, 1.54) is 60.4 Å². The van der Waals surface area contributed by atoms with Crippen LogP contribution in [0.25, 0.3) is 60.5 Å². The first kappa shape index (κ1) is 34.7. The Morgan fingerprint density at radius 3 is 1.85 bits per heavy atom. The third-order valence-corrected chi connectivity index (χ3v) is 13.2. The van der Waals surface area contributed by atoms with Gasteiger partial charge in [0.25, 0.3) is 0 Å². The molecule has 1 unspecified atom stereocenters. The smallest absolute Gasteiger partial charge is 0.134 e. The first-order valence-corrected chi connectivity index (χ1v) is 21.3. The zero-order valence-electron chi connectivity index (χ0n) is 33.7. The van der Waals surface area contributed by atoms with Gasteiger partial charge in [-0.3, -0.25) is 0 Å². The van der Waals surface area contributed by atoms with E-state index in [9.17, 15) is 0 Å². The Bertz CT molecular complexity index is 3560. The lowest BCUT2D eigenvalue weighted by Gasteiger charge is -2.45. The highest BCUT2D eigenvalue weighted by molar-refractivity contribution is 6.11. The predicted molar refractivity (Wildman–Crippen MR) is 256 cm³/mol. The molecule has 1 spiro atoms. The molecule has 1 atom stereocenters. The number of hydrogen-bond donors (Lipinski definition) is 0. The van der Waals surface area contributed by atoms with Gasteiger partial charge in [0.05, 0.1) is 22.1 Å². The Hall–Kier alpha value is -8.14. The van der Waals surface area contributed by atoms with Gasteiger partial charge >= 0.3 is 0 Å². The minimum absolute atomic E-state index is 0.600. The van der Waals surface area contributed by atoms with Gasteiger partial charge < -0.3 is 14.2 Å². The minimum Gasteiger partial charge on any atom is -0.457 e. The van der Waals surface area contributed by atoms with E-state index in [-0.39, 0.29) is 0 Å². The first-order valence-electron chi connectivity index (χ1n) is 21.3. The summed E-state index contributed by atoms with van der Waals surface area (Å²) in [7, 11) is 0. The first-order chi connectivity index (χ1) is 30.8. The van der Waals surface area contributed by atoms with Crippen molar-refractivity contribution in [2.45, 2.75) is 5.41 Å². The molecular weight excluding hydrogens is 753 g/mol. The van der Waals surface area contributed by atoms with E-state index in [1.807, 2.05) is 0 Å². The SMILES string of the molecule is c1ccc(-c2ccccc2-n2c3ccccc3c3ccc(N(c4ccccc4)c4ccc5c(c4)Oc4ccccc4C54c5ccccc5-c5cccc6cccc4c56)cc32)cc1. The molecule has 11 aromatic rings. The molecule has 0 saturated carbocycles. The second-order valence-corrected chi connectivity index (χ2v) is 16.4. The van der Waals surface area contributed by atoms with E-state index < -0.39 is 5.41 Å².